The van der Waals surface area contributed by atoms with Gasteiger partial charge in [-0.3, -0.25) is 0 Å². The van der Waals surface area contributed by atoms with E-state index in [2.05, 4.69) is 31.1 Å². The van der Waals surface area contributed by atoms with Crippen LogP contribution in [0.1, 0.15) is 52.1 Å². The maximum Gasteiger partial charge on any atom is 0.110 e. The van der Waals surface area contributed by atoms with E-state index in [0.717, 1.165) is 37.9 Å². The van der Waals surface area contributed by atoms with Gasteiger partial charge < -0.3 is 5.11 Å². The molecule has 1 aromatic heterocycles. The summed E-state index contributed by atoms with van der Waals surface area (Å²) >= 11 is 0. The van der Waals surface area contributed by atoms with Crippen molar-refractivity contribution in [1.29, 1.82) is 0 Å². The van der Waals surface area contributed by atoms with E-state index < -0.39 is 5.60 Å². The highest BCUT2D eigenvalue weighted by atomic mass is 16.3. The van der Waals surface area contributed by atoms with E-state index in [-0.39, 0.29) is 5.92 Å². The Morgan fingerprint density at radius 1 is 1.53 bits per heavy atom. The van der Waals surface area contributed by atoms with Gasteiger partial charge in [-0.1, -0.05) is 26.0 Å². The van der Waals surface area contributed by atoms with Crippen LogP contribution in [0.5, 0.6) is 0 Å². The zero-order valence-electron chi connectivity index (χ0n) is 11.1. The van der Waals surface area contributed by atoms with E-state index in [4.69, 9.17) is 0 Å². The Morgan fingerprint density at radius 2 is 2.29 bits per heavy atom. The molecule has 0 radical (unpaired) electrons. The second kappa shape index (κ2) is 4.77. The fraction of sp³-hybridized carbons (Fsp3) is 0.846. The Hall–Kier alpha value is -0.900. The van der Waals surface area contributed by atoms with Crippen LogP contribution >= 0.6 is 0 Å². The first-order valence-electron chi connectivity index (χ1n) is 6.69. The standard InChI is InChI=1S/C13H23N3O/c1-4-7-16-12(9-14-15-16)13(17)6-5-10(2)8-11(13)3/h9-11,17H,4-8H2,1-3H3. The molecule has 1 aliphatic carbocycles. The van der Waals surface area contributed by atoms with Crippen LogP contribution in [0.3, 0.4) is 0 Å². The fourth-order valence-electron chi connectivity index (χ4n) is 2.98. The molecule has 96 valence electrons. The fourth-order valence-corrected chi connectivity index (χ4v) is 2.98. The molecule has 1 fully saturated rings. The summed E-state index contributed by atoms with van der Waals surface area (Å²) < 4.78 is 1.87. The summed E-state index contributed by atoms with van der Waals surface area (Å²) in [5.74, 6) is 0.987. The van der Waals surface area contributed by atoms with Gasteiger partial charge in [0.15, 0.2) is 0 Å². The lowest BCUT2D eigenvalue weighted by Gasteiger charge is -2.40. The molecule has 4 nitrogen and oxygen atoms in total. The molecule has 3 unspecified atom stereocenters. The first kappa shape index (κ1) is 12.6. The number of aryl methyl sites for hydroxylation is 1. The van der Waals surface area contributed by atoms with E-state index in [9.17, 15) is 5.11 Å². The summed E-state index contributed by atoms with van der Waals surface area (Å²) in [5.41, 5.74) is 0.171. The molecule has 0 saturated heterocycles. The summed E-state index contributed by atoms with van der Waals surface area (Å²) in [4.78, 5) is 0. The highest BCUT2D eigenvalue weighted by molar-refractivity contribution is 5.11. The van der Waals surface area contributed by atoms with Crippen LogP contribution in [-0.4, -0.2) is 20.1 Å². The van der Waals surface area contributed by atoms with Gasteiger partial charge in [0.05, 0.1) is 11.9 Å². The van der Waals surface area contributed by atoms with Gasteiger partial charge in [-0.15, -0.1) is 5.10 Å². The largest absolute Gasteiger partial charge is 0.383 e. The molecule has 0 amide bonds. The summed E-state index contributed by atoms with van der Waals surface area (Å²) in [7, 11) is 0. The minimum atomic E-state index is -0.731. The summed E-state index contributed by atoms with van der Waals surface area (Å²) in [6.07, 6.45) is 5.73. The van der Waals surface area contributed by atoms with Gasteiger partial charge in [-0.25, -0.2) is 4.68 Å². The normalized spacial score (nSPS) is 33.9. The number of aromatic nitrogens is 3. The first-order chi connectivity index (χ1) is 8.08. The van der Waals surface area contributed by atoms with Crippen LogP contribution in [0, 0.1) is 11.8 Å². The monoisotopic (exact) mass is 237 g/mol. The molecule has 0 aliphatic heterocycles. The van der Waals surface area contributed by atoms with Crippen molar-refractivity contribution in [3.05, 3.63) is 11.9 Å². The van der Waals surface area contributed by atoms with Crippen molar-refractivity contribution in [3.8, 4) is 0 Å². The van der Waals surface area contributed by atoms with Crippen molar-refractivity contribution >= 4 is 0 Å². The van der Waals surface area contributed by atoms with Gasteiger partial charge in [0.25, 0.3) is 0 Å². The number of rotatable bonds is 3. The maximum atomic E-state index is 10.9. The summed E-state index contributed by atoms with van der Waals surface area (Å²) in [5, 5.41) is 19.0. The molecule has 1 aliphatic rings. The van der Waals surface area contributed by atoms with Crippen LogP contribution in [0.2, 0.25) is 0 Å². The Balaban J connectivity index is 2.27. The highest BCUT2D eigenvalue weighted by Gasteiger charge is 2.42. The van der Waals surface area contributed by atoms with Crippen molar-refractivity contribution in [3.63, 3.8) is 0 Å². The van der Waals surface area contributed by atoms with Crippen molar-refractivity contribution < 1.29 is 5.11 Å². The van der Waals surface area contributed by atoms with Crippen LogP contribution in [0.4, 0.5) is 0 Å². The van der Waals surface area contributed by atoms with Crippen molar-refractivity contribution in [2.24, 2.45) is 11.8 Å². The van der Waals surface area contributed by atoms with Crippen LogP contribution in [0.15, 0.2) is 6.20 Å². The number of hydrogen-bond donors (Lipinski definition) is 1. The predicted octanol–water partition coefficient (Wildman–Crippen LogP) is 2.33. The molecule has 1 saturated carbocycles. The Morgan fingerprint density at radius 3 is 2.94 bits per heavy atom. The zero-order chi connectivity index (χ0) is 12.5. The van der Waals surface area contributed by atoms with Crippen molar-refractivity contribution in [2.75, 3.05) is 0 Å². The average Bonchev–Trinajstić information content (AvgIpc) is 2.73. The van der Waals surface area contributed by atoms with E-state index in [1.54, 1.807) is 6.20 Å². The van der Waals surface area contributed by atoms with E-state index in [0.29, 0.717) is 5.92 Å². The molecule has 0 spiro atoms. The molecular formula is C13H23N3O. The second-order valence-corrected chi connectivity index (χ2v) is 5.55. The number of aliphatic hydroxyl groups is 1. The molecule has 1 N–H and O–H groups in total. The third kappa shape index (κ3) is 2.23. The quantitative estimate of drug-likeness (QED) is 0.877. The molecule has 2 rings (SSSR count). The Kier molecular flexibility index (Phi) is 3.52. The van der Waals surface area contributed by atoms with Crippen molar-refractivity contribution in [1.82, 2.24) is 15.0 Å². The van der Waals surface area contributed by atoms with Gasteiger partial charge in [-0.05, 0) is 37.5 Å². The van der Waals surface area contributed by atoms with Gasteiger partial charge in [-0.2, -0.15) is 0 Å². The molecule has 1 heterocycles. The Bertz CT molecular complexity index is 376. The first-order valence-corrected chi connectivity index (χ1v) is 6.69. The number of hydrogen-bond acceptors (Lipinski definition) is 3. The highest BCUT2D eigenvalue weighted by Crippen LogP contribution is 2.43. The molecule has 3 atom stereocenters. The molecule has 1 aromatic rings. The van der Waals surface area contributed by atoms with E-state index >= 15 is 0 Å². The third-order valence-corrected chi connectivity index (χ3v) is 4.09. The topological polar surface area (TPSA) is 50.9 Å². The minimum Gasteiger partial charge on any atom is -0.383 e. The van der Waals surface area contributed by atoms with Crippen LogP contribution in [-0.2, 0) is 12.1 Å². The zero-order valence-corrected chi connectivity index (χ0v) is 11.1. The molecule has 0 bridgehead atoms. The molecular weight excluding hydrogens is 214 g/mol. The summed E-state index contributed by atoms with van der Waals surface area (Å²) in [6, 6.07) is 0. The van der Waals surface area contributed by atoms with E-state index in [1.807, 2.05) is 4.68 Å². The molecule has 4 heteroatoms. The maximum absolute atomic E-state index is 10.9. The van der Waals surface area contributed by atoms with Crippen molar-refractivity contribution in [2.45, 2.75) is 58.6 Å². The molecule has 0 aromatic carbocycles. The van der Waals surface area contributed by atoms with Crippen LogP contribution < -0.4 is 0 Å². The SMILES string of the molecule is CCCn1nncc1C1(O)CCC(C)CC1C. The van der Waals surface area contributed by atoms with E-state index in [1.165, 1.54) is 0 Å². The van der Waals surface area contributed by atoms with Gasteiger partial charge >= 0.3 is 0 Å². The number of nitrogens with zero attached hydrogens (tertiary/aromatic N) is 3. The third-order valence-electron chi connectivity index (χ3n) is 4.09. The van der Waals surface area contributed by atoms with Crippen LogP contribution in [0.25, 0.3) is 0 Å². The lowest BCUT2D eigenvalue weighted by molar-refractivity contribution is -0.0655. The second-order valence-electron chi connectivity index (χ2n) is 5.55. The smallest absolute Gasteiger partial charge is 0.110 e. The minimum absolute atomic E-state index is 0.278. The molecule has 17 heavy (non-hydrogen) atoms. The average molecular weight is 237 g/mol. The predicted molar refractivity (Wildman–Crippen MR) is 66.4 cm³/mol. The van der Waals surface area contributed by atoms with Gasteiger partial charge in [0.2, 0.25) is 0 Å². The van der Waals surface area contributed by atoms with Gasteiger partial charge in [0, 0.05) is 6.54 Å². The lowest BCUT2D eigenvalue weighted by atomic mass is 9.71. The van der Waals surface area contributed by atoms with Gasteiger partial charge in [0.1, 0.15) is 5.60 Å². The summed E-state index contributed by atoms with van der Waals surface area (Å²) in [6.45, 7) is 7.35. The lowest BCUT2D eigenvalue weighted by Crippen LogP contribution is -2.40. The Labute approximate surface area is 103 Å².